The Morgan fingerprint density at radius 1 is 1.03 bits per heavy atom. The topological polar surface area (TPSA) is 264 Å². The fourth-order valence-electron chi connectivity index (χ4n) is 3.42. The predicted octanol–water partition coefficient (Wildman–Crippen LogP) is -4.02. The van der Waals surface area contributed by atoms with Crippen LogP contribution >= 0.6 is 0 Å². The van der Waals surface area contributed by atoms with Gasteiger partial charge in [-0.25, -0.2) is 4.79 Å². The van der Waals surface area contributed by atoms with Gasteiger partial charge in [0.1, 0.15) is 18.1 Å². The Hall–Kier alpha value is -3.46. The zero-order chi connectivity index (χ0) is 26.5. The number of carbonyl (C=O) groups excluding carboxylic acids is 4. The summed E-state index contributed by atoms with van der Waals surface area (Å²) in [6.07, 6.45) is -0.0887. The van der Waals surface area contributed by atoms with Gasteiger partial charge in [0, 0.05) is 13.0 Å². The molecule has 5 unspecified atom stereocenters. The second-order valence-electron chi connectivity index (χ2n) is 8.29. The standard InChI is InChI=1S/C20H36N8O7/c1-10(29)15(18(33)27-13(19(34)35)6-7-14(21)30)28-17(32)12(5-3-9-25-20(22)23)26-16(31)11-4-2-8-24-11/h10-13,15,24,29H,2-9H2,1H3,(H2,21,30)(H,26,31)(H,27,33)(H,28,32)(H,34,35)(H4,22,23,25). The van der Waals surface area contributed by atoms with Gasteiger partial charge in [-0.1, -0.05) is 0 Å². The van der Waals surface area contributed by atoms with Gasteiger partial charge in [-0.05, 0) is 45.6 Å². The summed E-state index contributed by atoms with van der Waals surface area (Å²) in [5.74, 6) is -4.41. The van der Waals surface area contributed by atoms with Crippen molar-refractivity contribution in [3.63, 3.8) is 0 Å². The maximum absolute atomic E-state index is 13.0. The Bertz CT molecular complexity index is 794. The molecule has 1 aliphatic rings. The smallest absolute Gasteiger partial charge is 0.326 e. The number of carboxylic acid groups (broad SMARTS) is 1. The van der Waals surface area contributed by atoms with E-state index in [1.54, 1.807) is 0 Å². The summed E-state index contributed by atoms with van der Waals surface area (Å²) in [6, 6.07) is -4.52. The van der Waals surface area contributed by atoms with Crippen LogP contribution in [0.2, 0.25) is 0 Å². The number of aliphatic hydroxyl groups is 1. The summed E-state index contributed by atoms with van der Waals surface area (Å²) in [5.41, 5.74) is 15.6. The fraction of sp³-hybridized carbons (Fsp3) is 0.700. The quantitative estimate of drug-likeness (QED) is 0.0597. The molecule has 0 saturated carbocycles. The van der Waals surface area contributed by atoms with Crippen LogP contribution in [0.4, 0.5) is 0 Å². The lowest BCUT2D eigenvalue weighted by Crippen LogP contribution is -2.59. The van der Waals surface area contributed by atoms with Crippen molar-refractivity contribution in [2.24, 2.45) is 22.2 Å². The van der Waals surface area contributed by atoms with Gasteiger partial charge < -0.3 is 48.7 Å². The molecule has 15 heteroatoms. The second kappa shape index (κ2) is 14.7. The van der Waals surface area contributed by atoms with E-state index in [0.29, 0.717) is 19.4 Å². The van der Waals surface area contributed by atoms with E-state index in [0.717, 1.165) is 6.42 Å². The maximum atomic E-state index is 13.0. The van der Waals surface area contributed by atoms with E-state index in [-0.39, 0.29) is 37.7 Å². The summed E-state index contributed by atoms with van der Waals surface area (Å²) in [7, 11) is 0. The van der Waals surface area contributed by atoms with Crippen molar-refractivity contribution in [1.82, 2.24) is 21.3 Å². The molecule has 4 amide bonds. The number of nitrogens with two attached hydrogens (primary N) is 3. The van der Waals surface area contributed by atoms with Crippen molar-refractivity contribution in [1.29, 1.82) is 0 Å². The van der Waals surface area contributed by atoms with Gasteiger partial charge in [0.25, 0.3) is 0 Å². The molecule has 0 spiro atoms. The van der Waals surface area contributed by atoms with Crippen LogP contribution in [0.5, 0.6) is 0 Å². The number of hydrogen-bond donors (Lipinski definition) is 9. The highest BCUT2D eigenvalue weighted by molar-refractivity contribution is 5.94. The van der Waals surface area contributed by atoms with E-state index < -0.39 is 54.0 Å². The number of aliphatic carboxylic acids is 1. The highest BCUT2D eigenvalue weighted by Crippen LogP contribution is 2.08. The van der Waals surface area contributed by atoms with Crippen LogP contribution < -0.4 is 38.5 Å². The molecule has 15 nitrogen and oxygen atoms in total. The minimum absolute atomic E-state index is 0.125. The average molecular weight is 501 g/mol. The van der Waals surface area contributed by atoms with Crippen LogP contribution in [0, 0.1) is 0 Å². The molecule has 0 bridgehead atoms. The minimum atomic E-state index is -1.53. The molecule has 5 atom stereocenters. The summed E-state index contributed by atoms with van der Waals surface area (Å²) in [6.45, 7) is 2.10. The van der Waals surface area contributed by atoms with Crippen LogP contribution in [0.25, 0.3) is 0 Å². The molecule has 1 aliphatic heterocycles. The fourth-order valence-corrected chi connectivity index (χ4v) is 3.42. The van der Waals surface area contributed by atoms with Crippen molar-refractivity contribution in [3.05, 3.63) is 0 Å². The SMILES string of the molecule is CC(O)C(NC(=O)C(CCCN=C(N)N)NC(=O)C1CCCN1)C(=O)NC(CCC(N)=O)C(=O)O. The Balaban J connectivity index is 2.91. The number of aliphatic hydroxyl groups excluding tert-OH is 1. The lowest BCUT2D eigenvalue weighted by Gasteiger charge is -2.26. The highest BCUT2D eigenvalue weighted by atomic mass is 16.4. The Labute approximate surface area is 202 Å². The first kappa shape index (κ1) is 29.6. The van der Waals surface area contributed by atoms with Gasteiger partial charge in [0.05, 0.1) is 12.1 Å². The van der Waals surface area contributed by atoms with E-state index in [1.165, 1.54) is 6.92 Å². The molecular formula is C20H36N8O7. The first-order valence-corrected chi connectivity index (χ1v) is 11.3. The van der Waals surface area contributed by atoms with Crippen molar-refractivity contribution < 1.29 is 34.2 Å². The van der Waals surface area contributed by atoms with Crippen molar-refractivity contribution in [3.8, 4) is 0 Å². The van der Waals surface area contributed by atoms with Gasteiger partial charge in [-0.15, -0.1) is 0 Å². The van der Waals surface area contributed by atoms with Gasteiger partial charge >= 0.3 is 5.97 Å². The number of nitrogens with zero attached hydrogens (tertiary/aromatic N) is 1. The molecule has 1 fully saturated rings. The van der Waals surface area contributed by atoms with E-state index in [9.17, 15) is 34.2 Å². The molecular weight excluding hydrogens is 464 g/mol. The lowest BCUT2D eigenvalue weighted by atomic mass is 10.1. The van der Waals surface area contributed by atoms with E-state index in [2.05, 4.69) is 26.3 Å². The van der Waals surface area contributed by atoms with Crippen LogP contribution in [0.3, 0.4) is 0 Å². The van der Waals surface area contributed by atoms with Gasteiger partial charge in [0.2, 0.25) is 23.6 Å². The number of aliphatic imine (C=N–C) groups is 1. The molecule has 12 N–H and O–H groups in total. The zero-order valence-electron chi connectivity index (χ0n) is 19.7. The predicted molar refractivity (Wildman–Crippen MR) is 124 cm³/mol. The van der Waals surface area contributed by atoms with E-state index >= 15 is 0 Å². The Kier molecular flexibility index (Phi) is 12.4. The number of rotatable bonds is 15. The van der Waals surface area contributed by atoms with E-state index in [4.69, 9.17) is 17.2 Å². The highest BCUT2D eigenvalue weighted by Gasteiger charge is 2.33. The molecule has 1 heterocycles. The Morgan fingerprint density at radius 2 is 1.71 bits per heavy atom. The molecule has 1 rings (SSSR count). The van der Waals surface area contributed by atoms with Crippen LogP contribution in [0.1, 0.15) is 45.4 Å². The number of carboxylic acids is 1. The maximum Gasteiger partial charge on any atom is 0.326 e. The lowest BCUT2D eigenvalue weighted by molar-refractivity contribution is -0.143. The average Bonchev–Trinajstić information content (AvgIpc) is 3.30. The first-order chi connectivity index (χ1) is 16.4. The summed E-state index contributed by atoms with van der Waals surface area (Å²) in [5, 5.41) is 29.6. The summed E-state index contributed by atoms with van der Waals surface area (Å²) >= 11 is 0. The van der Waals surface area contributed by atoms with Crippen molar-refractivity contribution in [2.45, 2.75) is 75.7 Å². The molecule has 198 valence electrons. The summed E-state index contributed by atoms with van der Waals surface area (Å²) in [4.78, 5) is 64.4. The number of carbonyl (C=O) groups is 5. The molecule has 0 radical (unpaired) electrons. The monoisotopic (exact) mass is 500 g/mol. The molecule has 0 aliphatic carbocycles. The third-order valence-corrected chi connectivity index (χ3v) is 5.31. The Morgan fingerprint density at radius 3 is 2.23 bits per heavy atom. The molecule has 1 saturated heterocycles. The summed E-state index contributed by atoms with van der Waals surface area (Å²) < 4.78 is 0. The molecule has 35 heavy (non-hydrogen) atoms. The second-order valence-corrected chi connectivity index (χ2v) is 8.29. The van der Waals surface area contributed by atoms with Crippen LogP contribution in [-0.2, 0) is 24.0 Å². The number of guanidine groups is 1. The molecule has 0 aromatic rings. The number of hydrogen-bond acceptors (Lipinski definition) is 8. The van der Waals surface area contributed by atoms with Crippen molar-refractivity contribution in [2.75, 3.05) is 13.1 Å². The number of primary amides is 1. The zero-order valence-corrected chi connectivity index (χ0v) is 19.7. The van der Waals surface area contributed by atoms with Gasteiger partial charge in [-0.3, -0.25) is 24.2 Å². The van der Waals surface area contributed by atoms with Crippen molar-refractivity contribution >= 4 is 35.6 Å². The third-order valence-electron chi connectivity index (χ3n) is 5.31. The molecule has 0 aromatic heterocycles. The first-order valence-electron chi connectivity index (χ1n) is 11.3. The van der Waals surface area contributed by atoms with E-state index in [1.807, 2.05) is 0 Å². The van der Waals surface area contributed by atoms with Crippen LogP contribution in [0.15, 0.2) is 4.99 Å². The molecule has 0 aromatic carbocycles. The minimum Gasteiger partial charge on any atom is -0.480 e. The number of nitrogens with one attached hydrogen (secondary N) is 4. The largest absolute Gasteiger partial charge is 0.480 e. The third kappa shape index (κ3) is 11.0. The van der Waals surface area contributed by atoms with Gasteiger partial charge in [-0.2, -0.15) is 0 Å². The number of amides is 4. The normalized spacial score (nSPS) is 18.4. The van der Waals surface area contributed by atoms with Gasteiger partial charge in [0.15, 0.2) is 5.96 Å². The van der Waals surface area contributed by atoms with Crippen LogP contribution in [-0.4, -0.2) is 89.1 Å².